The van der Waals surface area contributed by atoms with Crippen LogP contribution < -0.4 is 0 Å². The molecular formula is C10H8N2O4. The third-order valence-corrected chi connectivity index (χ3v) is 1.78. The molecule has 0 aliphatic rings. The number of carbonyl (C=O) groups is 1. The Kier molecular flexibility index (Phi) is 3.56. The van der Waals surface area contributed by atoms with E-state index in [2.05, 4.69) is 0 Å². The van der Waals surface area contributed by atoms with Gasteiger partial charge >= 0.3 is 5.97 Å². The lowest BCUT2D eigenvalue weighted by Gasteiger charge is -2.08. The van der Waals surface area contributed by atoms with E-state index in [1.807, 2.05) is 0 Å². The highest BCUT2D eigenvalue weighted by Crippen LogP contribution is 2.21. The van der Waals surface area contributed by atoms with Crippen molar-refractivity contribution in [3.63, 3.8) is 0 Å². The Balaban J connectivity index is 3.02. The van der Waals surface area contributed by atoms with Crippen LogP contribution in [-0.2, 0) is 9.53 Å². The van der Waals surface area contributed by atoms with Gasteiger partial charge in [-0.15, -0.1) is 0 Å². The summed E-state index contributed by atoms with van der Waals surface area (Å²) in [7, 11) is 0. The second-order valence-electron chi connectivity index (χ2n) is 2.97. The molecule has 0 amide bonds. The van der Waals surface area contributed by atoms with Crippen LogP contribution in [0.3, 0.4) is 0 Å². The molecule has 82 valence electrons. The van der Waals surface area contributed by atoms with Crippen molar-refractivity contribution in [3.8, 4) is 6.07 Å². The highest BCUT2D eigenvalue weighted by molar-refractivity contribution is 5.66. The van der Waals surface area contributed by atoms with Crippen LogP contribution in [0.25, 0.3) is 0 Å². The summed E-state index contributed by atoms with van der Waals surface area (Å²) in [6.45, 7) is 1.17. The van der Waals surface area contributed by atoms with Crippen molar-refractivity contribution in [2.45, 2.75) is 13.0 Å². The van der Waals surface area contributed by atoms with Crippen molar-refractivity contribution < 1.29 is 14.5 Å². The predicted octanol–water partition coefficient (Wildman–Crippen LogP) is 1.72. The number of ether oxygens (including phenoxy) is 1. The number of benzene rings is 1. The van der Waals surface area contributed by atoms with E-state index in [-0.39, 0.29) is 11.3 Å². The lowest BCUT2D eigenvalue weighted by molar-refractivity contribution is -0.385. The lowest BCUT2D eigenvalue weighted by atomic mass is 10.1. The van der Waals surface area contributed by atoms with E-state index in [1.165, 1.54) is 31.2 Å². The first-order valence-corrected chi connectivity index (χ1v) is 4.36. The van der Waals surface area contributed by atoms with Crippen molar-refractivity contribution in [3.05, 3.63) is 39.9 Å². The third-order valence-electron chi connectivity index (χ3n) is 1.78. The van der Waals surface area contributed by atoms with Crippen LogP contribution in [-0.4, -0.2) is 10.9 Å². The van der Waals surface area contributed by atoms with Gasteiger partial charge in [0.25, 0.3) is 5.69 Å². The van der Waals surface area contributed by atoms with Crippen LogP contribution in [0.4, 0.5) is 5.69 Å². The monoisotopic (exact) mass is 220 g/mol. The van der Waals surface area contributed by atoms with Gasteiger partial charge in [0.2, 0.25) is 6.10 Å². The SMILES string of the molecule is CC(=O)O[C@H](C#N)c1cccc([N+](=O)[O-])c1. The molecule has 0 radical (unpaired) electrons. The maximum Gasteiger partial charge on any atom is 0.304 e. The number of rotatable bonds is 3. The minimum absolute atomic E-state index is 0.148. The van der Waals surface area contributed by atoms with Crippen LogP contribution >= 0.6 is 0 Å². The molecule has 0 saturated carbocycles. The molecule has 6 heteroatoms. The van der Waals surface area contributed by atoms with E-state index in [4.69, 9.17) is 10.00 Å². The van der Waals surface area contributed by atoms with Gasteiger partial charge in [-0.25, -0.2) is 0 Å². The van der Waals surface area contributed by atoms with Crippen molar-refractivity contribution >= 4 is 11.7 Å². The van der Waals surface area contributed by atoms with Crippen LogP contribution in [0.2, 0.25) is 0 Å². The summed E-state index contributed by atoms with van der Waals surface area (Å²) in [4.78, 5) is 20.6. The van der Waals surface area contributed by atoms with Crippen molar-refractivity contribution in [1.29, 1.82) is 5.26 Å². The van der Waals surface area contributed by atoms with Gasteiger partial charge in [-0.05, 0) is 0 Å². The van der Waals surface area contributed by atoms with E-state index >= 15 is 0 Å². The number of nitro groups is 1. The molecule has 1 aromatic carbocycles. The highest BCUT2D eigenvalue weighted by Gasteiger charge is 2.16. The number of carbonyl (C=O) groups excluding carboxylic acids is 1. The van der Waals surface area contributed by atoms with E-state index in [0.29, 0.717) is 0 Å². The minimum atomic E-state index is -1.11. The molecule has 0 aliphatic carbocycles. The molecular weight excluding hydrogens is 212 g/mol. The Labute approximate surface area is 91.2 Å². The summed E-state index contributed by atoms with van der Waals surface area (Å²) in [5, 5.41) is 19.3. The quantitative estimate of drug-likeness (QED) is 0.439. The van der Waals surface area contributed by atoms with Crippen LogP contribution in [0.15, 0.2) is 24.3 Å². The van der Waals surface area contributed by atoms with E-state index in [1.54, 1.807) is 6.07 Å². The average Bonchev–Trinajstić information content (AvgIpc) is 2.25. The van der Waals surface area contributed by atoms with Crippen LogP contribution in [0.5, 0.6) is 0 Å². The Morgan fingerprint density at radius 1 is 1.62 bits per heavy atom. The molecule has 1 rings (SSSR count). The van der Waals surface area contributed by atoms with Crippen molar-refractivity contribution in [1.82, 2.24) is 0 Å². The van der Waals surface area contributed by atoms with E-state index in [9.17, 15) is 14.9 Å². The van der Waals surface area contributed by atoms with Crippen LogP contribution in [0.1, 0.15) is 18.6 Å². The highest BCUT2D eigenvalue weighted by atomic mass is 16.6. The number of nitrogens with zero attached hydrogens (tertiary/aromatic N) is 2. The van der Waals surface area contributed by atoms with Gasteiger partial charge < -0.3 is 4.74 Å². The predicted molar refractivity (Wildman–Crippen MR) is 53.2 cm³/mol. The van der Waals surface area contributed by atoms with Gasteiger partial charge in [-0.2, -0.15) is 5.26 Å². The van der Waals surface area contributed by atoms with Crippen LogP contribution in [0, 0.1) is 21.4 Å². The summed E-state index contributed by atoms with van der Waals surface area (Å²) in [6.07, 6.45) is -1.11. The molecule has 0 N–H and O–H groups in total. The number of nitriles is 1. The van der Waals surface area contributed by atoms with Gasteiger partial charge in [0, 0.05) is 24.6 Å². The van der Waals surface area contributed by atoms with Gasteiger partial charge in [-0.1, -0.05) is 12.1 Å². The second-order valence-corrected chi connectivity index (χ2v) is 2.97. The molecule has 6 nitrogen and oxygen atoms in total. The lowest BCUT2D eigenvalue weighted by Crippen LogP contribution is -2.06. The van der Waals surface area contributed by atoms with Gasteiger partial charge in [0.1, 0.15) is 6.07 Å². The third kappa shape index (κ3) is 2.78. The van der Waals surface area contributed by atoms with Crippen molar-refractivity contribution in [2.24, 2.45) is 0 Å². The Morgan fingerprint density at radius 2 is 2.31 bits per heavy atom. The molecule has 0 spiro atoms. The molecule has 0 bridgehead atoms. The maximum absolute atomic E-state index is 10.7. The number of hydrogen-bond acceptors (Lipinski definition) is 5. The van der Waals surface area contributed by atoms with E-state index < -0.39 is 17.0 Å². The van der Waals surface area contributed by atoms with Gasteiger partial charge in [-0.3, -0.25) is 14.9 Å². The van der Waals surface area contributed by atoms with Gasteiger partial charge in [0.05, 0.1) is 4.92 Å². The summed E-state index contributed by atoms with van der Waals surface area (Å²) < 4.78 is 4.70. The molecule has 0 unspecified atom stereocenters. The first kappa shape index (κ1) is 11.7. The van der Waals surface area contributed by atoms with Crippen molar-refractivity contribution in [2.75, 3.05) is 0 Å². The van der Waals surface area contributed by atoms with Gasteiger partial charge in [0.15, 0.2) is 0 Å². The smallest absolute Gasteiger partial charge is 0.304 e. The topological polar surface area (TPSA) is 93.2 Å². The summed E-state index contributed by atoms with van der Waals surface area (Å²) in [5.74, 6) is -0.613. The molecule has 1 aromatic rings. The largest absolute Gasteiger partial charge is 0.442 e. The fourth-order valence-corrected chi connectivity index (χ4v) is 1.14. The zero-order valence-corrected chi connectivity index (χ0v) is 8.41. The number of non-ortho nitro benzene ring substituents is 1. The first-order chi connectivity index (χ1) is 7.54. The second kappa shape index (κ2) is 4.89. The Bertz CT molecular complexity index is 464. The molecule has 0 fully saturated rings. The summed E-state index contributed by atoms with van der Waals surface area (Å²) >= 11 is 0. The average molecular weight is 220 g/mol. The fourth-order valence-electron chi connectivity index (χ4n) is 1.14. The standard InChI is InChI=1S/C10H8N2O4/c1-7(13)16-10(6-11)8-3-2-4-9(5-8)12(14)15/h2-5,10H,1H3/t10-/m1/s1. The number of hydrogen-bond donors (Lipinski definition) is 0. The molecule has 0 aliphatic heterocycles. The molecule has 16 heavy (non-hydrogen) atoms. The van der Waals surface area contributed by atoms with E-state index in [0.717, 1.165) is 0 Å². The molecule has 0 heterocycles. The zero-order chi connectivity index (χ0) is 12.1. The zero-order valence-electron chi connectivity index (χ0n) is 8.41. The maximum atomic E-state index is 10.7. The molecule has 1 atom stereocenters. The summed E-state index contributed by atoms with van der Waals surface area (Å²) in [5.41, 5.74) is 0.136. The Morgan fingerprint density at radius 3 is 2.81 bits per heavy atom. The number of esters is 1. The molecule has 0 saturated heterocycles. The molecule has 0 aromatic heterocycles. The first-order valence-electron chi connectivity index (χ1n) is 4.36. The minimum Gasteiger partial charge on any atom is -0.442 e. The number of nitro benzene ring substituents is 1. The fraction of sp³-hybridized carbons (Fsp3) is 0.200. The Hall–Kier alpha value is -2.42. The summed E-state index contributed by atoms with van der Waals surface area (Å²) in [6, 6.07) is 7.17. The normalized spacial score (nSPS) is 11.2.